The molecule has 1 aromatic carbocycles. The lowest BCUT2D eigenvalue weighted by Crippen LogP contribution is -2.28. The number of ether oxygens (including phenoxy) is 3. The summed E-state index contributed by atoms with van der Waals surface area (Å²) >= 11 is 7.01. The average molecular weight is 576 g/mol. The molecule has 1 heterocycles. The van der Waals surface area contributed by atoms with Crippen LogP contribution in [0.3, 0.4) is 0 Å². The standard InChI is InChI=1S/C22H28Br2N2O6/c1-6-30-21(29)19-14-9-13(23)10-15(24)20(14)26(5)16(19)11-25-12-18(28)31-8-7-17(27)32-22(2,3)4/h9-10,25H,6-8,11-12H2,1-5H3. The molecule has 176 valence electrons. The highest BCUT2D eigenvalue weighted by atomic mass is 79.9. The normalized spacial score (nSPS) is 11.5. The summed E-state index contributed by atoms with van der Waals surface area (Å²) in [5, 5.41) is 3.74. The van der Waals surface area contributed by atoms with Gasteiger partial charge in [0.25, 0.3) is 0 Å². The Morgan fingerprint density at radius 3 is 2.41 bits per heavy atom. The Kier molecular flexibility index (Phi) is 9.29. The summed E-state index contributed by atoms with van der Waals surface area (Å²) in [6.07, 6.45) is -0.0118. The van der Waals surface area contributed by atoms with Crippen LogP contribution < -0.4 is 5.32 Å². The third-order valence-corrected chi connectivity index (χ3v) is 5.42. The molecule has 10 heteroatoms. The number of aryl methyl sites for hydroxylation is 1. The van der Waals surface area contributed by atoms with Gasteiger partial charge in [-0.15, -0.1) is 0 Å². The van der Waals surface area contributed by atoms with Gasteiger partial charge in [-0.2, -0.15) is 0 Å². The van der Waals surface area contributed by atoms with E-state index in [0.29, 0.717) is 11.3 Å². The van der Waals surface area contributed by atoms with Crippen LogP contribution in [0, 0.1) is 0 Å². The number of rotatable bonds is 9. The van der Waals surface area contributed by atoms with Crippen LogP contribution in [0.15, 0.2) is 21.1 Å². The molecule has 0 saturated carbocycles. The molecule has 0 bridgehead atoms. The van der Waals surface area contributed by atoms with Crippen molar-refractivity contribution in [1.82, 2.24) is 9.88 Å². The molecule has 32 heavy (non-hydrogen) atoms. The second-order valence-electron chi connectivity index (χ2n) is 8.05. The summed E-state index contributed by atoms with van der Waals surface area (Å²) in [6, 6.07) is 3.76. The van der Waals surface area contributed by atoms with Crippen molar-refractivity contribution < 1.29 is 28.6 Å². The number of fused-ring (bicyclic) bond motifs is 1. The van der Waals surface area contributed by atoms with E-state index in [1.165, 1.54) is 0 Å². The maximum atomic E-state index is 12.7. The Morgan fingerprint density at radius 1 is 1.09 bits per heavy atom. The van der Waals surface area contributed by atoms with E-state index >= 15 is 0 Å². The molecule has 0 saturated heterocycles. The third kappa shape index (κ3) is 7.05. The fraction of sp³-hybridized carbons (Fsp3) is 0.500. The number of nitrogens with zero attached hydrogens (tertiary/aromatic N) is 1. The van der Waals surface area contributed by atoms with Gasteiger partial charge in [0.15, 0.2) is 0 Å². The molecule has 2 aromatic rings. The highest BCUT2D eigenvalue weighted by Crippen LogP contribution is 2.34. The number of halogens is 2. The Morgan fingerprint density at radius 2 is 1.78 bits per heavy atom. The first-order valence-corrected chi connectivity index (χ1v) is 11.7. The van der Waals surface area contributed by atoms with E-state index in [1.807, 2.05) is 23.7 Å². The first kappa shape index (κ1) is 26.3. The van der Waals surface area contributed by atoms with E-state index in [4.69, 9.17) is 14.2 Å². The van der Waals surface area contributed by atoms with Crippen molar-refractivity contribution in [2.45, 2.75) is 46.3 Å². The van der Waals surface area contributed by atoms with Crippen molar-refractivity contribution >= 4 is 60.7 Å². The number of esters is 3. The Labute approximate surface area is 204 Å². The van der Waals surface area contributed by atoms with Gasteiger partial charge in [0.05, 0.1) is 30.7 Å². The van der Waals surface area contributed by atoms with Gasteiger partial charge in [0.2, 0.25) is 0 Å². The molecule has 0 fully saturated rings. The van der Waals surface area contributed by atoms with Crippen LogP contribution in [0.4, 0.5) is 0 Å². The lowest BCUT2D eigenvalue weighted by atomic mass is 10.1. The fourth-order valence-corrected chi connectivity index (χ4v) is 4.66. The van der Waals surface area contributed by atoms with E-state index < -0.39 is 23.5 Å². The summed E-state index contributed by atoms with van der Waals surface area (Å²) in [5.41, 5.74) is 1.38. The minimum atomic E-state index is -0.581. The second kappa shape index (κ2) is 11.3. The van der Waals surface area contributed by atoms with Gasteiger partial charge in [-0.1, -0.05) is 15.9 Å². The smallest absolute Gasteiger partial charge is 0.340 e. The highest BCUT2D eigenvalue weighted by molar-refractivity contribution is 9.11. The van der Waals surface area contributed by atoms with Gasteiger partial charge < -0.3 is 24.1 Å². The Bertz CT molecular complexity index is 1010. The highest BCUT2D eigenvalue weighted by Gasteiger charge is 2.24. The maximum Gasteiger partial charge on any atom is 0.340 e. The Balaban J connectivity index is 2.05. The van der Waals surface area contributed by atoms with Gasteiger partial charge in [0.1, 0.15) is 12.2 Å². The van der Waals surface area contributed by atoms with Crippen LogP contribution in [0.25, 0.3) is 10.9 Å². The minimum Gasteiger partial charge on any atom is -0.464 e. The zero-order valence-corrected chi connectivity index (χ0v) is 22.0. The zero-order valence-electron chi connectivity index (χ0n) is 18.8. The number of hydrogen-bond donors (Lipinski definition) is 1. The van der Waals surface area contributed by atoms with Crippen LogP contribution in [0.5, 0.6) is 0 Å². The van der Waals surface area contributed by atoms with Crippen molar-refractivity contribution in [3.05, 3.63) is 32.3 Å². The predicted molar refractivity (Wildman–Crippen MR) is 127 cm³/mol. The average Bonchev–Trinajstić information content (AvgIpc) is 2.92. The second-order valence-corrected chi connectivity index (χ2v) is 9.82. The quantitative estimate of drug-likeness (QED) is 0.353. The number of aromatic nitrogens is 1. The SMILES string of the molecule is CCOC(=O)c1c(CNCC(=O)OCCC(=O)OC(C)(C)C)n(C)c2c(Br)cc(Br)cc12. The molecule has 0 aliphatic rings. The fourth-order valence-electron chi connectivity index (χ4n) is 3.17. The van der Waals surface area contributed by atoms with Crippen molar-refractivity contribution in [2.24, 2.45) is 7.05 Å². The molecule has 0 aliphatic heterocycles. The molecule has 1 N–H and O–H groups in total. The molecule has 0 atom stereocenters. The summed E-state index contributed by atoms with van der Waals surface area (Å²) in [7, 11) is 1.85. The summed E-state index contributed by atoms with van der Waals surface area (Å²) < 4.78 is 19.1. The minimum absolute atomic E-state index is 0.0118. The van der Waals surface area contributed by atoms with E-state index in [0.717, 1.165) is 19.8 Å². The van der Waals surface area contributed by atoms with Gasteiger partial charge >= 0.3 is 17.9 Å². The van der Waals surface area contributed by atoms with Crippen LogP contribution in [-0.4, -0.2) is 47.8 Å². The van der Waals surface area contributed by atoms with E-state index in [2.05, 4.69) is 37.2 Å². The van der Waals surface area contributed by atoms with Crippen LogP contribution >= 0.6 is 31.9 Å². The van der Waals surface area contributed by atoms with Gasteiger partial charge in [-0.25, -0.2) is 4.79 Å². The molecule has 0 amide bonds. The zero-order chi connectivity index (χ0) is 24.1. The van der Waals surface area contributed by atoms with Crippen molar-refractivity contribution in [1.29, 1.82) is 0 Å². The van der Waals surface area contributed by atoms with Gasteiger partial charge in [-0.3, -0.25) is 9.59 Å². The molecule has 8 nitrogen and oxygen atoms in total. The summed E-state index contributed by atoms with van der Waals surface area (Å²) in [4.78, 5) is 36.4. The molecule has 0 aliphatic carbocycles. The van der Waals surface area contributed by atoms with Crippen molar-refractivity contribution in [3.63, 3.8) is 0 Å². The molecule has 2 rings (SSSR count). The number of carbonyl (C=O) groups excluding carboxylic acids is 3. The predicted octanol–water partition coefficient (Wildman–Crippen LogP) is 4.24. The van der Waals surface area contributed by atoms with Crippen LogP contribution in [0.2, 0.25) is 0 Å². The van der Waals surface area contributed by atoms with E-state index in [9.17, 15) is 14.4 Å². The third-order valence-electron chi connectivity index (χ3n) is 4.36. The van der Waals surface area contributed by atoms with Crippen LogP contribution in [-0.2, 0) is 37.4 Å². The first-order chi connectivity index (χ1) is 14.9. The first-order valence-electron chi connectivity index (χ1n) is 10.2. The van der Waals surface area contributed by atoms with Crippen LogP contribution in [0.1, 0.15) is 50.2 Å². The molecule has 1 aromatic heterocycles. The topological polar surface area (TPSA) is 95.9 Å². The van der Waals surface area contributed by atoms with E-state index in [1.54, 1.807) is 27.7 Å². The monoisotopic (exact) mass is 574 g/mol. The summed E-state index contributed by atoms with van der Waals surface area (Å²) in [6.45, 7) is 7.42. The van der Waals surface area contributed by atoms with Crippen molar-refractivity contribution in [2.75, 3.05) is 19.8 Å². The Hall–Kier alpha value is -1.91. The molecule has 0 unspecified atom stereocenters. The van der Waals surface area contributed by atoms with Crippen molar-refractivity contribution in [3.8, 4) is 0 Å². The number of carbonyl (C=O) groups is 3. The molecule has 0 spiro atoms. The van der Waals surface area contributed by atoms with E-state index in [-0.39, 0.29) is 32.7 Å². The maximum absolute atomic E-state index is 12.7. The van der Waals surface area contributed by atoms with Gasteiger partial charge in [0, 0.05) is 33.6 Å². The lowest BCUT2D eigenvalue weighted by molar-refractivity contribution is -0.157. The molecular weight excluding hydrogens is 548 g/mol. The number of nitrogens with one attached hydrogen (secondary N) is 1. The van der Waals surface area contributed by atoms with Gasteiger partial charge in [-0.05, 0) is 55.8 Å². The summed E-state index contributed by atoms with van der Waals surface area (Å²) in [5.74, 6) is -1.36. The lowest BCUT2D eigenvalue weighted by Gasteiger charge is -2.19. The molecule has 0 radical (unpaired) electrons. The number of hydrogen-bond acceptors (Lipinski definition) is 7. The molecular formula is C22H28Br2N2O6. The number of benzene rings is 1. The largest absolute Gasteiger partial charge is 0.464 e.